The molecule has 6 heteroatoms. The molecule has 0 heterocycles. The number of carboxylic acids is 2. The Morgan fingerprint density at radius 1 is 1.44 bits per heavy atom. The van der Waals surface area contributed by atoms with Crippen LogP contribution in [0.5, 0.6) is 0 Å². The first-order chi connectivity index (χ1) is 8.29. The molecule has 0 radical (unpaired) electrons. The van der Waals surface area contributed by atoms with Gasteiger partial charge in [-0.3, -0.25) is 0 Å². The first-order valence-electron chi connectivity index (χ1n) is 5.58. The molecule has 2 N–H and O–H groups in total. The van der Waals surface area contributed by atoms with Crippen LogP contribution in [0.1, 0.15) is 26.7 Å². The highest BCUT2D eigenvalue weighted by Gasteiger charge is 2.42. The van der Waals surface area contributed by atoms with Crippen molar-refractivity contribution in [2.75, 3.05) is 0 Å². The SMILES string of the molecule is CCC1=C(C(=O)O)C([O-])=CC(C(=O)[O-])C1(O)CC. The number of hydrogen-bond acceptors (Lipinski definition) is 5. The molecule has 0 fully saturated rings. The molecule has 0 aromatic heterocycles. The molecule has 0 spiro atoms. The number of carbonyl (C=O) groups is 2. The van der Waals surface area contributed by atoms with Crippen LogP contribution in [0.2, 0.25) is 0 Å². The number of carbonyl (C=O) groups excluding carboxylic acids is 1. The zero-order valence-corrected chi connectivity index (χ0v) is 10.1. The third kappa shape index (κ3) is 1.99. The van der Waals surface area contributed by atoms with Gasteiger partial charge in [-0.1, -0.05) is 25.7 Å². The molecule has 1 rings (SSSR count). The predicted octanol–water partition coefficient (Wildman–Crippen LogP) is -1.46. The Bertz CT molecular complexity index is 447. The Labute approximate surface area is 104 Å². The van der Waals surface area contributed by atoms with E-state index in [0.29, 0.717) is 6.08 Å². The quantitative estimate of drug-likeness (QED) is 0.632. The predicted molar refractivity (Wildman–Crippen MR) is 56.8 cm³/mol. The molecule has 100 valence electrons. The van der Waals surface area contributed by atoms with Gasteiger partial charge in [-0.25, -0.2) is 4.79 Å². The lowest BCUT2D eigenvalue weighted by Crippen LogP contribution is -2.51. The van der Waals surface area contributed by atoms with Gasteiger partial charge in [0.1, 0.15) is 0 Å². The van der Waals surface area contributed by atoms with Gasteiger partial charge in [0.25, 0.3) is 0 Å². The fourth-order valence-electron chi connectivity index (χ4n) is 2.34. The summed E-state index contributed by atoms with van der Waals surface area (Å²) >= 11 is 0. The molecule has 0 saturated heterocycles. The average Bonchev–Trinajstić information content (AvgIpc) is 2.30. The van der Waals surface area contributed by atoms with Crippen molar-refractivity contribution >= 4 is 11.9 Å². The summed E-state index contributed by atoms with van der Waals surface area (Å²) in [6.45, 7) is 3.08. The van der Waals surface area contributed by atoms with Crippen molar-refractivity contribution in [3.05, 3.63) is 23.0 Å². The number of carboxylic acid groups (broad SMARTS) is 2. The Kier molecular flexibility index (Phi) is 3.81. The van der Waals surface area contributed by atoms with Gasteiger partial charge in [-0.15, -0.1) is 0 Å². The molecule has 1 aliphatic rings. The minimum atomic E-state index is -1.88. The number of rotatable bonds is 4. The molecule has 0 aromatic carbocycles. The molecule has 0 saturated carbocycles. The van der Waals surface area contributed by atoms with Crippen molar-refractivity contribution in [2.45, 2.75) is 32.3 Å². The molecular formula is C12H14O6-2. The van der Waals surface area contributed by atoms with Gasteiger partial charge in [0.2, 0.25) is 0 Å². The van der Waals surface area contributed by atoms with E-state index in [0.717, 1.165) is 0 Å². The summed E-state index contributed by atoms with van der Waals surface area (Å²) in [6.07, 6.45) is 0.770. The zero-order valence-electron chi connectivity index (χ0n) is 10.1. The Morgan fingerprint density at radius 2 is 2.00 bits per heavy atom. The molecule has 0 aliphatic heterocycles. The van der Waals surface area contributed by atoms with E-state index in [1.165, 1.54) is 6.92 Å². The van der Waals surface area contributed by atoms with Crippen LogP contribution >= 0.6 is 0 Å². The van der Waals surface area contributed by atoms with Crippen molar-refractivity contribution in [2.24, 2.45) is 5.92 Å². The van der Waals surface area contributed by atoms with Gasteiger partial charge >= 0.3 is 5.97 Å². The average molecular weight is 254 g/mol. The summed E-state index contributed by atoms with van der Waals surface area (Å²) in [4.78, 5) is 22.0. The third-order valence-corrected chi connectivity index (χ3v) is 3.26. The van der Waals surface area contributed by atoms with Crippen LogP contribution in [-0.2, 0) is 9.59 Å². The van der Waals surface area contributed by atoms with E-state index in [4.69, 9.17) is 5.11 Å². The highest BCUT2D eigenvalue weighted by Crippen LogP contribution is 2.39. The summed E-state index contributed by atoms with van der Waals surface area (Å²) in [5, 5.41) is 42.0. The summed E-state index contributed by atoms with van der Waals surface area (Å²) < 4.78 is 0. The second-order valence-electron chi connectivity index (χ2n) is 4.12. The molecule has 2 atom stereocenters. The third-order valence-electron chi connectivity index (χ3n) is 3.26. The number of hydrogen-bond donors (Lipinski definition) is 2. The second kappa shape index (κ2) is 4.81. The van der Waals surface area contributed by atoms with Crippen molar-refractivity contribution in [1.29, 1.82) is 0 Å². The Balaban J connectivity index is 3.52. The van der Waals surface area contributed by atoms with Crippen molar-refractivity contribution in [1.82, 2.24) is 0 Å². The van der Waals surface area contributed by atoms with E-state index >= 15 is 0 Å². The van der Waals surface area contributed by atoms with Crippen molar-refractivity contribution < 1.29 is 30.0 Å². The topological polar surface area (TPSA) is 121 Å². The molecule has 0 aromatic rings. The Morgan fingerprint density at radius 3 is 2.33 bits per heavy atom. The van der Waals surface area contributed by atoms with E-state index in [9.17, 15) is 24.9 Å². The smallest absolute Gasteiger partial charge is 0.335 e. The fraction of sp³-hybridized carbons (Fsp3) is 0.500. The first kappa shape index (κ1) is 14.2. The highest BCUT2D eigenvalue weighted by atomic mass is 16.4. The summed E-state index contributed by atoms with van der Waals surface area (Å²) in [5.41, 5.74) is -2.48. The highest BCUT2D eigenvalue weighted by molar-refractivity contribution is 5.93. The molecule has 0 amide bonds. The normalized spacial score (nSPS) is 27.9. The molecule has 6 nitrogen and oxygen atoms in total. The van der Waals surface area contributed by atoms with Crippen LogP contribution in [0, 0.1) is 5.92 Å². The van der Waals surface area contributed by atoms with Crippen molar-refractivity contribution in [3.63, 3.8) is 0 Å². The minimum absolute atomic E-state index is 0.0185. The zero-order chi connectivity index (χ0) is 14.1. The first-order valence-corrected chi connectivity index (χ1v) is 5.58. The fourth-order valence-corrected chi connectivity index (χ4v) is 2.34. The van der Waals surface area contributed by atoms with Crippen LogP contribution in [0.25, 0.3) is 0 Å². The van der Waals surface area contributed by atoms with Gasteiger partial charge in [0.15, 0.2) is 0 Å². The van der Waals surface area contributed by atoms with Crippen LogP contribution in [0.4, 0.5) is 0 Å². The monoisotopic (exact) mass is 254 g/mol. The molecule has 18 heavy (non-hydrogen) atoms. The maximum atomic E-state index is 11.6. The lowest BCUT2D eigenvalue weighted by molar-refractivity contribution is -0.318. The van der Waals surface area contributed by atoms with E-state index < -0.39 is 34.8 Å². The summed E-state index contributed by atoms with van der Waals surface area (Å²) in [7, 11) is 0. The molecule has 0 bridgehead atoms. The van der Waals surface area contributed by atoms with Gasteiger partial charge in [-0.05, 0) is 18.4 Å². The lowest BCUT2D eigenvalue weighted by Gasteiger charge is -2.42. The largest absolute Gasteiger partial charge is 0.872 e. The Hall–Kier alpha value is -1.82. The van der Waals surface area contributed by atoms with E-state index in [1.54, 1.807) is 6.92 Å². The van der Waals surface area contributed by atoms with E-state index in [1.807, 2.05) is 0 Å². The maximum Gasteiger partial charge on any atom is 0.335 e. The van der Waals surface area contributed by atoms with Gasteiger partial charge < -0.3 is 25.2 Å². The lowest BCUT2D eigenvalue weighted by atomic mass is 9.72. The maximum absolute atomic E-state index is 11.6. The number of aliphatic carboxylic acids is 2. The van der Waals surface area contributed by atoms with E-state index in [-0.39, 0.29) is 18.4 Å². The van der Waals surface area contributed by atoms with Crippen LogP contribution in [0.15, 0.2) is 23.0 Å². The molecular weight excluding hydrogens is 240 g/mol. The van der Waals surface area contributed by atoms with Crippen molar-refractivity contribution in [3.8, 4) is 0 Å². The number of aliphatic hydroxyl groups is 1. The van der Waals surface area contributed by atoms with Crippen LogP contribution < -0.4 is 10.2 Å². The summed E-state index contributed by atoms with van der Waals surface area (Å²) in [5.74, 6) is -5.47. The second-order valence-corrected chi connectivity index (χ2v) is 4.12. The summed E-state index contributed by atoms with van der Waals surface area (Å²) in [6, 6.07) is 0. The minimum Gasteiger partial charge on any atom is -0.872 e. The standard InChI is InChI=1S/C12H16O6/c1-3-6-9(11(16)17)8(13)5-7(10(14)15)12(6,18)4-2/h5,7,13,18H,3-4H2,1-2H3,(H,14,15)(H,16,17)/p-2. The van der Waals surface area contributed by atoms with Gasteiger partial charge in [-0.2, -0.15) is 0 Å². The van der Waals surface area contributed by atoms with Gasteiger partial charge in [0, 0.05) is 5.92 Å². The van der Waals surface area contributed by atoms with Gasteiger partial charge in [0.05, 0.1) is 17.1 Å². The van der Waals surface area contributed by atoms with Crippen LogP contribution in [0.3, 0.4) is 0 Å². The van der Waals surface area contributed by atoms with E-state index in [2.05, 4.69) is 0 Å². The molecule has 1 aliphatic carbocycles. The van der Waals surface area contributed by atoms with Crippen LogP contribution in [-0.4, -0.2) is 27.8 Å². The molecule has 2 unspecified atom stereocenters.